The molecule has 0 atom stereocenters. The summed E-state index contributed by atoms with van der Waals surface area (Å²) in [7, 11) is 0. The predicted octanol–water partition coefficient (Wildman–Crippen LogP) is 4.97. The minimum absolute atomic E-state index is 0.137. The molecule has 31 heavy (non-hydrogen) atoms. The van der Waals surface area contributed by atoms with Gasteiger partial charge in [0, 0.05) is 28.5 Å². The van der Waals surface area contributed by atoms with Crippen molar-refractivity contribution in [3.05, 3.63) is 118 Å². The van der Waals surface area contributed by atoms with E-state index < -0.39 is 0 Å². The SMILES string of the molecule is O=C(Nc1ccc(OCc2ccccc2Cl)cc1)c1ccc(Cn2ccccc2=O)o1. The summed E-state index contributed by atoms with van der Waals surface area (Å²) in [5.41, 5.74) is 1.36. The van der Waals surface area contributed by atoms with Gasteiger partial charge in [-0.05, 0) is 48.5 Å². The normalized spacial score (nSPS) is 10.6. The molecule has 2 aromatic carbocycles. The largest absolute Gasteiger partial charge is 0.489 e. The molecule has 0 spiro atoms. The fraction of sp³-hybridized carbons (Fsp3) is 0.0833. The van der Waals surface area contributed by atoms with E-state index in [1.807, 2.05) is 24.3 Å². The highest BCUT2D eigenvalue weighted by Crippen LogP contribution is 2.21. The van der Waals surface area contributed by atoms with E-state index in [0.29, 0.717) is 28.8 Å². The summed E-state index contributed by atoms with van der Waals surface area (Å²) in [6, 6.07) is 22.7. The lowest BCUT2D eigenvalue weighted by molar-refractivity contribution is 0.0994. The zero-order valence-corrected chi connectivity index (χ0v) is 17.2. The number of pyridine rings is 1. The van der Waals surface area contributed by atoms with Crippen LogP contribution in [0.1, 0.15) is 21.9 Å². The summed E-state index contributed by atoms with van der Waals surface area (Å²) < 4.78 is 12.8. The van der Waals surface area contributed by atoms with Crippen LogP contribution < -0.4 is 15.6 Å². The van der Waals surface area contributed by atoms with Crippen molar-refractivity contribution >= 4 is 23.2 Å². The summed E-state index contributed by atoms with van der Waals surface area (Å²) in [4.78, 5) is 24.3. The minimum Gasteiger partial charge on any atom is -0.489 e. The molecular weight excluding hydrogens is 416 g/mol. The highest BCUT2D eigenvalue weighted by molar-refractivity contribution is 6.31. The predicted molar refractivity (Wildman–Crippen MR) is 119 cm³/mol. The monoisotopic (exact) mass is 434 g/mol. The molecule has 2 heterocycles. The highest BCUT2D eigenvalue weighted by atomic mass is 35.5. The first-order valence-electron chi connectivity index (χ1n) is 9.60. The third-order valence-electron chi connectivity index (χ3n) is 4.57. The first-order valence-corrected chi connectivity index (χ1v) is 9.98. The molecule has 0 unspecified atom stereocenters. The topological polar surface area (TPSA) is 73.5 Å². The number of benzene rings is 2. The number of amides is 1. The molecule has 0 fully saturated rings. The van der Waals surface area contributed by atoms with Gasteiger partial charge in [-0.1, -0.05) is 35.9 Å². The van der Waals surface area contributed by atoms with Gasteiger partial charge >= 0.3 is 0 Å². The molecule has 4 aromatic rings. The van der Waals surface area contributed by atoms with Crippen molar-refractivity contribution in [2.75, 3.05) is 5.32 Å². The van der Waals surface area contributed by atoms with Crippen LogP contribution in [0.25, 0.3) is 0 Å². The molecule has 0 radical (unpaired) electrons. The number of carbonyl (C=O) groups is 1. The number of hydrogen-bond donors (Lipinski definition) is 1. The first-order chi connectivity index (χ1) is 15.1. The van der Waals surface area contributed by atoms with E-state index in [9.17, 15) is 9.59 Å². The van der Waals surface area contributed by atoms with Crippen LogP contribution in [0, 0.1) is 0 Å². The van der Waals surface area contributed by atoms with Crippen LogP contribution in [0.5, 0.6) is 5.75 Å². The van der Waals surface area contributed by atoms with E-state index in [-0.39, 0.29) is 23.8 Å². The quantitative estimate of drug-likeness (QED) is 0.445. The number of anilines is 1. The second kappa shape index (κ2) is 9.36. The van der Waals surface area contributed by atoms with Gasteiger partial charge < -0.3 is 19.0 Å². The van der Waals surface area contributed by atoms with Crippen LogP contribution in [0.2, 0.25) is 5.02 Å². The summed E-state index contributed by atoms with van der Waals surface area (Å²) in [6.07, 6.45) is 1.67. The number of furan rings is 1. The Balaban J connectivity index is 1.34. The Hall–Kier alpha value is -3.77. The summed E-state index contributed by atoms with van der Waals surface area (Å²) in [6.45, 7) is 0.607. The molecule has 4 rings (SSSR count). The van der Waals surface area contributed by atoms with Gasteiger partial charge in [-0.25, -0.2) is 0 Å². The molecule has 156 valence electrons. The maximum Gasteiger partial charge on any atom is 0.291 e. The molecule has 0 saturated carbocycles. The van der Waals surface area contributed by atoms with Crippen LogP contribution in [0.15, 0.2) is 94.3 Å². The second-order valence-electron chi connectivity index (χ2n) is 6.79. The van der Waals surface area contributed by atoms with Gasteiger partial charge in [-0.15, -0.1) is 0 Å². The Morgan fingerprint density at radius 1 is 0.968 bits per heavy atom. The summed E-state index contributed by atoms with van der Waals surface area (Å²) in [5.74, 6) is 0.961. The molecule has 0 aliphatic rings. The van der Waals surface area contributed by atoms with Crippen molar-refractivity contribution in [1.29, 1.82) is 0 Å². The van der Waals surface area contributed by atoms with Crippen molar-refractivity contribution < 1.29 is 13.9 Å². The molecule has 2 aromatic heterocycles. The number of aromatic nitrogens is 1. The average Bonchev–Trinajstić information content (AvgIpc) is 3.25. The number of carbonyl (C=O) groups excluding carboxylic acids is 1. The standard InChI is InChI=1S/C24H19ClN2O4/c25-21-6-2-1-5-17(21)16-30-19-10-8-18(9-11-19)26-24(29)22-13-12-20(31-22)15-27-14-4-3-7-23(27)28/h1-14H,15-16H2,(H,26,29). The third-order valence-corrected chi connectivity index (χ3v) is 4.94. The molecule has 1 N–H and O–H groups in total. The third kappa shape index (κ3) is 5.24. The van der Waals surface area contributed by atoms with Crippen molar-refractivity contribution in [3.63, 3.8) is 0 Å². The number of hydrogen-bond acceptors (Lipinski definition) is 4. The van der Waals surface area contributed by atoms with Crippen LogP contribution in [-0.4, -0.2) is 10.5 Å². The lowest BCUT2D eigenvalue weighted by Crippen LogP contribution is -2.18. The summed E-state index contributed by atoms with van der Waals surface area (Å²) >= 11 is 6.13. The smallest absolute Gasteiger partial charge is 0.291 e. The number of nitrogens with one attached hydrogen (secondary N) is 1. The number of rotatable bonds is 7. The van der Waals surface area contributed by atoms with Gasteiger partial charge in [0.1, 0.15) is 18.1 Å². The fourth-order valence-corrected chi connectivity index (χ4v) is 3.14. The van der Waals surface area contributed by atoms with Gasteiger partial charge in [-0.2, -0.15) is 0 Å². The molecule has 0 bridgehead atoms. The Kier molecular flexibility index (Phi) is 6.19. The maximum absolute atomic E-state index is 12.5. The van der Waals surface area contributed by atoms with Gasteiger partial charge in [0.05, 0.1) is 6.54 Å². The molecule has 0 aliphatic carbocycles. The number of nitrogens with zero attached hydrogens (tertiary/aromatic N) is 1. The molecule has 0 aliphatic heterocycles. The lowest BCUT2D eigenvalue weighted by atomic mass is 10.2. The second-order valence-corrected chi connectivity index (χ2v) is 7.20. The van der Waals surface area contributed by atoms with Gasteiger partial charge in [0.2, 0.25) is 0 Å². The van der Waals surface area contributed by atoms with E-state index in [1.165, 1.54) is 10.6 Å². The van der Waals surface area contributed by atoms with E-state index >= 15 is 0 Å². The van der Waals surface area contributed by atoms with Crippen LogP contribution in [0.3, 0.4) is 0 Å². The lowest BCUT2D eigenvalue weighted by Gasteiger charge is -2.09. The zero-order valence-electron chi connectivity index (χ0n) is 16.5. The van der Waals surface area contributed by atoms with E-state index in [1.54, 1.807) is 54.7 Å². The Labute approximate surface area is 183 Å². The van der Waals surface area contributed by atoms with Crippen LogP contribution >= 0.6 is 11.6 Å². The minimum atomic E-state index is -0.378. The molecule has 7 heteroatoms. The van der Waals surface area contributed by atoms with Crippen LogP contribution in [-0.2, 0) is 13.2 Å². The first kappa shape index (κ1) is 20.5. The zero-order chi connectivity index (χ0) is 21.6. The summed E-state index contributed by atoms with van der Waals surface area (Å²) in [5, 5.41) is 3.43. The van der Waals surface area contributed by atoms with Crippen molar-refractivity contribution in [3.8, 4) is 5.75 Å². The van der Waals surface area contributed by atoms with E-state index in [4.69, 9.17) is 20.8 Å². The maximum atomic E-state index is 12.5. The Morgan fingerprint density at radius 3 is 2.52 bits per heavy atom. The molecule has 1 amide bonds. The van der Waals surface area contributed by atoms with Gasteiger partial charge in [0.25, 0.3) is 11.5 Å². The molecular formula is C24H19ClN2O4. The number of ether oxygens (including phenoxy) is 1. The Morgan fingerprint density at radius 2 is 1.74 bits per heavy atom. The van der Waals surface area contributed by atoms with Crippen molar-refractivity contribution in [1.82, 2.24) is 4.57 Å². The average molecular weight is 435 g/mol. The number of halogens is 1. The van der Waals surface area contributed by atoms with Crippen LogP contribution in [0.4, 0.5) is 5.69 Å². The highest BCUT2D eigenvalue weighted by Gasteiger charge is 2.12. The van der Waals surface area contributed by atoms with Gasteiger partial charge in [-0.3, -0.25) is 9.59 Å². The van der Waals surface area contributed by atoms with E-state index in [0.717, 1.165) is 5.56 Å². The fourth-order valence-electron chi connectivity index (χ4n) is 2.95. The van der Waals surface area contributed by atoms with Gasteiger partial charge in [0.15, 0.2) is 5.76 Å². The van der Waals surface area contributed by atoms with Crippen molar-refractivity contribution in [2.24, 2.45) is 0 Å². The Bertz CT molecular complexity index is 1240. The molecule has 0 saturated heterocycles. The molecule has 6 nitrogen and oxygen atoms in total. The van der Waals surface area contributed by atoms with E-state index in [2.05, 4.69) is 5.32 Å². The van der Waals surface area contributed by atoms with Crippen molar-refractivity contribution in [2.45, 2.75) is 13.2 Å².